The number of carbonyl (C=O) groups is 7. The van der Waals surface area contributed by atoms with E-state index in [0.717, 1.165) is 56.9 Å². The van der Waals surface area contributed by atoms with Gasteiger partial charge in [0.2, 0.25) is 11.8 Å². The van der Waals surface area contributed by atoms with Crippen LogP contribution >= 0.6 is 0 Å². The first-order valence-corrected chi connectivity index (χ1v) is 34.6. The van der Waals surface area contributed by atoms with E-state index in [1.54, 1.807) is 6.92 Å². The molecule has 4 aromatic carbocycles. The minimum Gasteiger partial charge on any atom is -0.462 e. The number of aliphatic hydroxyl groups is 1. The van der Waals surface area contributed by atoms with Crippen molar-refractivity contribution in [3.63, 3.8) is 0 Å². The average molecular weight is 1460 g/mol. The Bertz CT molecular complexity index is 3460. The molecular weight excluding hydrogens is 1370 g/mol. The fourth-order valence-electron chi connectivity index (χ4n) is 13.1. The summed E-state index contributed by atoms with van der Waals surface area (Å²) in [5, 5.41) is 22.3. The third-order valence-corrected chi connectivity index (χ3v) is 17.7. The first-order valence-electron chi connectivity index (χ1n) is 34.6. The molecule has 5 aliphatic rings. The van der Waals surface area contributed by atoms with Crippen molar-refractivity contribution in [3.05, 3.63) is 154 Å². The molecule has 0 aliphatic carbocycles. The Morgan fingerprint density at radius 1 is 0.606 bits per heavy atom. The standard InChI is InChI=1S/C73H92FN5O25/c1-42-60(91-37-50-26-16-11-17-27-50)67(92-38-51-28-18-12-19-29-51)68(93-39-52-30-20-13-21-31-52)71(94-42)101-64-58(78-44(3)81)69(89-33-23-9-8-22-32-76-79-75)99-55(40-88-36-49-24-14-10-15-25-49)62(64)100-70-59(86)66-61(54(35-74)98-70)102-72(87)73(104-66)34-53(95-46(5)83)57(77-43(2)80)65(103-73)63(97-48(7)85)56(96-47(6)84)41-90-45(4)82/h10-21,24-31,42,53-71,86H,8-9,22-23,32-41H2,1-7H3,(H,77,80)(H,78,81)/t42-,53-,54+,55+,56+,57+,58+,59+,60+,61-,62+,63+,64+,65+,66+,67+,68-,69+,70-,71-,73-/m0/s1. The molecule has 9 rings (SSSR count). The number of ether oxygens (including phenoxy) is 17. The Kier molecular flexibility index (Phi) is 30.2. The summed E-state index contributed by atoms with van der Waals surface area (Å²) in [7, 11) is 0. The molecule has 566 valence electrons. The van der Waals surface area contributed by atoms with Crippen LogP contribution in [0.3, 0.4) is 0 Å². The van der Waals surface area contributed by atoms with Crippen LogP contribution in [0.1, 0.15) is 103 Å². The van der Waals surface area contributed by atoms with Crippen LogP contribution in [0.5, 0.6) is 0 Å². The van der Waals surface area contributed by atoms with Crippen molar-refractivity contribution in [2.45, 2.75) is 235 Å². The first kappa shape index (κ1) is 80.0. The maximum absolute atomic E-state index is 16.1. The van der Waals surface area contributed by atoms with Gasteiger partial charge in [0.15, 0.2) is 37.2 Å². The number of carbonyl (C=O) groups excluding carboxylic acids is 7. The molecule has 0 saturated carbocycles. The van der Waals surface area contributed by atoms with Gasteiger partial charge in [-0.1, -0.05) is 139 Å². The highest BCUT2D eigenvalue weighted by molar-refractivity contribution is 5.80. The summed E-state index contributed by atoms with van der Waals surface area (Å²) in [6.45, 7) is 6.17. The van der Waals surface area contributed by atoms with E-state index in [0.29, 0.717) is 32.2 Å². The molecule has 5 fully saturated rings. The van der Waals surface area contributed by atoms with Crippen LogP contribution in [-0.4, -0.2) is 208 Å². The summed E-state index contributed by atoms with van der Waals surface area (Å²) >= 11 is 0. The summed E-state index contributed by atoms with van der Waals surface area (Å²) in [6, 6.07) is 34.5. The van der Waals surface area contributed by atoms with E-state index in [1.165, 1.54) is 6.92 Å². The van der Waals surface area contributed by atoms with Gasteiger partial charge < -0.3 is 96.3 Å². The lowest BCUT2D eigenvalue weighted by Crippen LogP contribution is -2.75. The normalized spacial score (nSPS) is 30.0. The molecule has 30 nitrogen and oxygen atoms in total. The van der Waals surface area contributed by atoms with E-state index in [1.807, 2.05) is 121 Å². The maximum atomic E-state index is 16.1. The highest BCUT2D eigenvalue weighted by atomic mass is 19.1. The van der Waals surface area contributed by atoms with Crippen molar-refractivity contribution in [1.82, 2.24) is 10.6 Å². The number of hydrogen-bond donors (Lipinski definition) is 3. The quantitative estimate of drug-likeness (QED) is 0.0113. The zero-order valence-corrected chi connectivity index (χ0v) is 59.0. The van der Waals surface area contributed by atoms with Crippen LogP contribution in [0.15, 0.2) is 126 Å². The molecule has 104 heavy (non-hydrogen) atoms. The molecule has 0 radical (unpaired) electrons. The minimum absolute atomic E-state index is 0.0121. The number of hydrogen-bond acceptors (Lipinski definition) is 26. The summed E-state index contributed by atoms with van der Waals surface area (Å²) in [4.78, 5) is 96.0. The molecular formula is C73H92FN5O25. The Morgan fingerprint density at radius 2 is 1.15 bits per heavy atom. The van der Waals surface area contributed by atoms with E-state index in [4.69, 9.17) is 86.1 Å². The lowest BCUT2D eigenvalue weighted by Gasteiger charge is -2.55. The third kappa shape index (κ3) is 22.2. The average Bonchev–Trinajstić information content (AvgIpc) is 0.730. The predicted molar refractivity (Wildman–Crippen MR) is 358 cm³/mol. The number of fused-ring (bicyclic) bond motifs is 1. The fraction of sp³-hybridized carbons (Fsp3) is 0.575. The van der Waals surface area contributed by atoms with Crippen molar-refractivity contribution in [2.24, 2.45) is 5.11 Å². The van der Waals surface area contributed by atoms with Crippen molar-refractivity contribution < 1.29 is 124 Å². The molecule has 21 atom stereocenters. The molecule has 0 aromatic heterocycles. The van der Waals surface area contributed by atoms with Crippen LogP contribution in [0, 0.1) is 0 Å². The van der Waals surface area contributed by atoms with Crippen LogP contribution < -0.4 is 10.6 Å². The zero-order chi connectivity index (χ0) is 74.3. The second-order valence-electron chi connectivity index (χ2n) is 25.8. The monoisotopic (exact) mass is 1460 g/mol. The van der Waals surface area contributed by atoms with Gasteiger partial charge >= 0.3 is 29.8 Å². The van der Waals surface area contributed by atoms with Crippen molar-refractivity contribution in [2.75, 3.05) is 33.0 Å². The van der Waals surface area contributed by atoms with Crippen molar-refractivity contribution >= 4 is 41.7 Å². The number of amides is 2. The summed E-state index contributed by atoms with van der Waals surface area (Å²) in [5.41, 5.74) is 12.1. The van der Waals surface area contributed by atoms with E-state index >= 15 is 4.39 Å². The second kappa shape index (κ2) is 39.3. The molecule has 4 aromatic rings. The van der Waals surface area contributed by atoms with Gasteiger partial charge in [-0.2, -0.15) is 0 Å². The number of halogens is 1. The molecule has 5 heterocycles. The lowest BCUT2D eigenvalue weighted by atomic mass is 9.86. The molecule has 0 unspecified atom stereocenters. The highest BCUT2D eigenvalue weighted by Crippen LogP contribution is 2.45. The van der Waals surface area contributed by atoms with Crippen LogP contribution in [0.4, 0.5) is 4.39 Å². The molecule has 1 spiro atoms. The van der Waals surface area contributed by atoms with Gasteiger partial charge in [0.05, 0.1) is 51.6 Å². The highest BCUT2D eigenvalue weighted by Gasteiger charge is 2.67. The van der Waals surface area contributed by atoms with Gasteiger partial charge in [-0.25, -0.2) is 9.18 Å². The molecule has 31 heteroatoms. The lowest BCUT2D eigenvalue weighted by molar-refractivity contribution is -0.407. The third-order valence-electron chi connectivity index (χ3n) is 17.7. The van der Waals surface area contributed by atoms with Gasteiger partial charge in [-0.15, -0.1) is 0 Å². The van der Waals surface area contributed by atoms with E-state index in [-0.39, 0.29) is 39.6 Å². The number of unbranched alkanes of at least 4 members (excludes halogenated alkanes) is 3. The van der Waals surface area contributed by atoms with Gasteiger partial charge in [-0.05, 0) is 47.6 Å². The first-order chi connectivity index (χ1) is 50.1. The minimum atomic E-state index is -2.87. The molecule has 0 bridgehead atoms. The van der Waals surface area contributed by atoms with Crippen molar-refractivity contribution in [1.29, 1.82) is 0 Å². The van der Waals surface area contributed by atoms with Gasteiger partial charge in [0, 0.05) is 59.6 Å². The number of azide groups is 1. The number of nitrogens with zero attached hydrogens (tertiary/aromatic N) is 3. The Hall–Kier alpha value is -8.11. The number of alkyl halides is 1. The van der Waals surface area contributed by atoms with Gasteiger partial charge in [-0.3, -0.25) is 28.8 Å². The van der Waals surface area contributed by atoms with Crippen molar-refractivity contribution in [3.8, 4) is 0 Å². The number of esters is 5. The van der Waals surface area contributed by atoms with Gasteiger partial charge in [0.1, 0.15) is 86.5 Å². The maximum Gasteiger partial charge on any atom is 0.367 e. The molecule has 5 saturated heterocycles. The van der Waals surface area contributed by atoms with Crippen LogP contribution in [-0.2, 0) is 141 Å². The Morgan fingerprint density at radius 3 is 1.71 bits per heavy atom. The molecule has 5 aliphatic heterocycles. The fourth-order valence-corrected chi connectivity index (χ4v) is 13.1. The topological polar surface area (TPSA) is 369 Å². The SMILES string of the molecule is CC(=O)N[C@H]1[C@H](OCCCCCCN=[N+]=[N-])O[C@H](COCc2ccccc2)[C@@H](O[C@@H]2O[C@H](CF)[C@@H]3OC(=O)[C@]4(C[C@H](OC(C)=O)[C@@H](NC(C)=O)[C@H]([C@H](OC(C)=O)[C@@H](COC(C)=O)OC(C)=O)O4)O[C@@H]3[C@H]2O)[C@@H]1O[C@@H]1O[C@@H](C)[C@@H](OCc2ccccc2)[C@@H](OCc2ccccc2)[C@@H]1OCc1ccccc1. The summed E-state index contributed by atoms with van der Waals surface area (Å²) < 4.78 is 126. The second-order valence-corrected chi connectivity index (χ2v) is 25.8. The number of nitrogens with one attached hydrogen (secondary N) is 2. The largest absolute Gasteiger partial charge is 0.462 e. The van der Waals surface area contributed by atoms with E-state index in [2.05, 4.69) is 20.7 Å². The Labute approximate surface area is 601 Å². The predicted octanol–water partition coefficient (Wildman–Crippen LogP) is 6.31. The van der Waals surface area contributed by atoms with Crippen LogP contribution in [0.2, 0.25) is 0 Å². The number of benzene rings is 4. The number of rotatable bonds is 35. The summed E-state index contributed by atoms with van der Waals surface area (Å²) in [5.74, 6) is -9.48. The zero-order valence-electron chi connectivity index (χ0n) is 59.0. The van der Waals surface area contributed by atoms with Crippen LogP contribution in [0.25, 0.3) is 10.4 Å². The summed E-state index contributed by atoms with van der Waals surface area (Å²) in [6.07, 6.45) is -26.8. The Balaban J connectivity index is 1.14. The van der Waals surface area contributed by atoms with E-state index in [9.17, 15) is 38.7 Å². The molecule has 3 N–H and O–H groups in total. The van der Waals surface area contributed by atoms with E-state index < -0.39 is 190 Å². The molecule has 2 amide bonds. The van der Waals surface area contributed by atoms with Gasteiger partial charge in [0.25, 0.3) is 5.79 Å². The number of aliphatic hydroxyl groups excluding tert-OH is 1. The smallest absolute Gasteiger partial charge is 0.367 e.